The van der Waals surface area contributed by atoms with Crippen molar-refractivity contribution < 1.29 is 23.8 Å². The van der Waals surface area contributed by atoms with E-state index in [1.807, 2.05) is 55.1 Å². The quantitative estimate of drug-likeness (QED) is 0.445. The Bertz CT molecular complexity index is 1250. The summed E-state index contributed by atoms with van der Waals surface area (Å²) in [6, 6.07) is 11.4. The number of ether oxygens (including phenoxy) is 3. The van der Waals surface area contributed by atoms with Gasteiger partial charge in [0.15, 0.2) is 18.1 Å². The highest BCUT2D eigenvalue weighted by molar-refractivity contribution is 7.09. The summed E-state index contributed by atoms with van der Waals surface area (Å²) in [5.74, 6) is 1.99. The van der Waals surface area contributed by atoms with Gasteiger partial charge in [-0.15, -0.1) is 11.3 Å². The fourth-order valence-corrected chi connectivity index (χ4v) is 5.23. The molecule has 2 amide bonds. The number of hydrogen-bond donors (Lipinski definition) is 1. The lowest BCUT2D eigenvalue weighted by molar-refractivity contribution is -0.134. The molecule has 0 radical (unpaired) electrons. The van der Waals surface area contributed by atoms with Crippen molar-refractivity contribution in [1.29, 1.82) is 0 Å². The molecule has 1 aliphatic heterocycles. The van der Waals surface area contributed by atoms with Crippen molar-refractivity contribution in [3.8, 4) is 17.2 Å². The van der Waals surface area contributed by atoms with E-state index in [1.54, 1.807) is 19.6 Å². The number of amides is 2. The molecule has 0 saturated carbocycles. The van der Waals surface area contributed by atoms with Gasteiger partial charge in [0.05, 0.1) is 19.2 Å². The third-order valence-corrected chi connectivity index (χ3v) is 7.70. The van der Waals surface area contributed by atoms with E-state index >= 15 is 0 Å². The molecule has 4 rings (SSSR count). The molecule has 1 saturated heterocycles. The van der Waals surface area contributed by atoms with Gasteiger partial charge in [0.1, 0.15) is 11.4 Å². The minimum Gasteiger partial charge on any atom is -0.493 e. The molecule has 2 heterocycles. The van der Waals surface area contributed by atoms with Crippen LogP contribution in [0.3, 0.4) is 0 Å². The van der Waals surface area contributed by atoms with Crippen molar-refractivity contribution in [2.75, 3.05) is 33.9 Å². The molecule has 0 aliphatic carbocycles. The number of hydrogen-bond acceptors (Lipinski definition) is 7. The van der Waals surface area contributed by atoms with Crippen LogP contribution in [0, 0.1) is 13.8 Å². The van der Waals surface area contributed by atoms with Crippen LogP contribution < -0.4 is 19.5 Å². The molecule has 1 fully saturated rings. The van der Waals surface area contributed by atoms with E-state index in [4.69, 9.17) is 14.2 Å². The van der Waals surface area contributed by atoms with E-state index in [0.29, 0.717) is 42.6 Å². The summed E-state index contributed by atoms with van der Waals surface area (Å²) in [7, 11) is 3.17. The molecule has 196 valence electrons. The van der Waals surface area contributed by atoms with Gasteiger partial charge in [-0.05, 0) is 67.6 Å². The number of piperidine rings is 1. The van der Waals surface area contributed by atoms with Gasteiger partial charge in [-0.1, -0.05) is 12.1 Å². The monoisotopic (exact) mass is 523 g/mol. The molecule has 37 heavy (non-hydrogen) atoms. The zero-order valence-electron chi connectivity index (χ0n) is 21.7. The van der Waals surface area contributed by atoms with Crippen molar-refractivity contribution in [3.63, 3.8) is 0 Å². The highest BCUT2D eigenvalue weighted by atomic mass is 32.1. The summed E-state index contributed by atoms with van der Waals surface area (Å²) in [6.07, 6.45) is 1.63. The maximum Gasteiger partial charge on any atom is 0.271 e. The van der Waals surface area contributed by atoms with Crippen LogP contribution in [0.2, 0.25) is 0 Å². The Hall–Kier alpha value is -3.59. The molecular weight excluding hydrogens is 490 g/mol. The van der Waals surface area contributed by atoms with Crippen LogP contribution in [0.5, 0.6) is 17.2 Å². The SMILES string of the molecule is COc1ccc(CNC(=O)c2csc(C3CCN(C(=O)COc4ccc(C)c(C)c4)CC3)n2)cc1OC. The lowest BCUT2D eigenvalue weighted by atomic mass is 9.97. The third kappa shape index (κ3) is 6.60. The van der Waals surface area contributed by atoms with Gasteiger partial charge in [-0.2, -0.15) is 0 Å². The van der Waals surface area contributed by atoms with Crippen LogP contribution >= 0.6 is 11.3 Å². The Kier molecular flexibility index (Phi) is 8.66. The van der Waals surface area contributed by atoms with Gasteiger partial charge in [-0.3, -0.25) is 9.59 Å². The predicted molar refractivity (Wildman–Crippen MR) is 143 cm³/mol. The first-order valence-corrected chi connectivity index (χ1v) is 13.2. The highest BCUT2D eigenvalue weighted by Crippen LogP contribution is 2.31. The van der Waals surface area contributed by atoms with Crippen molar-refractivity contribution in [2.45, 2.75) is 39.2 Å². The predicted octanol–water partition coefficient (Wildman–Crippen LogP) is 4.49. The van der Waals surface area contributed by atoms with E-state index in [0.717, 1.165) is 29.0 Å². The zero-order chi connectivity index (χ0) is 26.4. The first-order valence-electron chi connectivity index (χ1n) is 12.3. The number of thiazole rings is 1. The molecule has 0 bridgehead atoms. The van der Waals surface area contributed by atoms with Gasteiger partial charge in [-0.25, -0.2) is 4.98 Å². The minimum atomic E-state index is -0.214. The molecule has 3 aromatic rings. The third-order valence-electron chi connectivity index (χ3n) is 6.69. The number of rotatable bonds is 9. The number of aromatic nitrogens is 1. The molecule has 8 nitrogen and oxygen atoms in total. The average Bonchev–Trinajstić information content (AvgIpc) is 3.42. The number of aryl methyl sites for hydroxylation is 2. The number of benzene rings is 2. The van der Waals surface area contributed by atoms with E-state index in [-0.39, 0.29) is 24.3 Å². The molecule has 1 N–H and O–H groups in total. The van der Waals surface area contributed by atoms with Gasteiger partial charge in [0.25, 0.3) is 11.8 Å². The summed E-state index contributed by atoms with van der Waals surface area (Å²) in [5.41, 5.74) is 3.66. The zero-order valence-corrected chi connectivity index (χ0v) is 22.5. The number of likely N-dealkylation sites (tertiary alicyclic amines) is 1. The Balaban J connectivity index is 1.25. The summed E-state index contributed by atoms with van der Waals surface area (Å²) >= 11 is 1.50. The Morgan fingerprint density at radius 1 is 1.03 bits per heavy atom. The van der Waals surface area contributed by atoms with Crippen LogP contribution in [0.1, 0.15) is 50.9 Å². The Morgan fingerprint density at radius 3 is 2.49 bits per heavy atom. The number of nitrogens with one attached hydrogen (secondary N) is 1. The molecule has 0 atom stereocenters. The van der Waals surface area contributed by atoms with Gasteiger partial charge >= 0.3 is 0 Å². The second-order valence-electron chi connectivity index (χ2n) is 9.13. The summed E-state index contributed by atoms with van der Waals surface area (Å²) in [5, 5.41) is 5.66. The van der Waals surface area contributed by atoms with Crippen LogP contribution in [0.25, 0.3) is 0 Å². The molecule has 0 unspecified atom stereocenters. The lowest BCUT2D eigenvalue weighted by Crippen LogP contribution is -2.40. The van der Waals surface area contributed by atoms with Gasteiger partial charge < -0.3 is 24.4 Å². The van der Waals surface area contributed by atoms with Crippen LogP contribution in [0.4, 0.5) is 0 Å². The van der Waals surface area contributed by atoms with Crippen LogP contribution in [-0.2, 0) is 11.3 Å². The second-order valence-corrected chi connectivity index (χ2v) is 10.0. The Labute approximate surface area is 221 Å². The summed E-state index contributed by atoms with van der Waals surface area (Å²) in [4.78, 5) is 31.8. The normalized spacial score (nSPS) is 13.8. The number of carbonyl (C=O) groups excluding carboxylic acids is 2. The lowest BCUT2D eigenvalue weighted by Gasteiger charge is -2.31. The highest BCUT2D eigenvalue weighted by Gasteiger charge is 2.26. The van der Waals surface area contributed by atoms with Crippen molar-refractivity contribution >= 4 is 23.2 Å². The van der Waals surface area contributed by atoms with Crippen molar-refractivity contribution in [1.82, 2.24) is 15.2 Å². The van der Waals surface area contributed by atoms with Crippen molar-refractivity contribution in [2.24, 2.45) is 0 Å². The van der Waals surface area contributed by atoms with Crippen LogP contribution in [-0.4, -0.2) is 55.6 Å². The molecule has 2 aromatic carbocycles. The fraction of sp³-hybridized carbons (Fsp3) is 0.393. The number of methoxy groups -OCH3 is 2. The second kappa shape index (κ2) is 12.1. The van der Waals surface area contributed by atoms with Crippen LogP contribution in [0.15, 0.2) is 41.8 Å². The maximum atomic E-state index is 12.7. The van der Waals surface area contributed by atoms with Crippen molar-refractivity contribution in [3.05, 3.63) is 69.2 Å². The smallest absolute Gasteiger partial charge is 0.271 e. The molecule has 0 spiro atoms. The van der Waals surface area contributed by atoms with Gasteiger partial charge in [0.2, 0.25) is 0 Å². The summed E-state index contributed by atoms with van der Waals surface area (Å²) in [6.45, 7) is 5.78. The standard InChI is InChI=1S/C28H33N3O5S/c1-18-5-7-22(13-19(18)2)36-16-26(32)31-11-9-21(10-12-31)28-30-23(17-37-28)27(33)29-15-20-6-8-24(34-3)25(14-20)35-4/h5-8,13-14,17,21H,9-12,15-16H2,1-4H3,(H,29,33). The Morgan fingerprint density at radius 2 is 1.78 bits per heavy atom. The summed E-state index contributed by atoms with van der Waals surface area (Å²) < 4.78 is 16.3. The first-order chi connectivity index (χ1) is 17.9. The first kappa shape index (κ1) is 26.5. The number of carbonyl (C=O) groups is 2. The molecule has 1 aliphatic rings. The maximum absolute atomic E-state index is 12.7. The molecule has 9 heteroatoms. The molecule has 1 aromatic heterocycles. The largest absolute Gasteiger partial charge is 0.493 e. The van der Waals surface area contributed by atoms with E-state index in [1.165, 1.54) is 16.9 Å². The van der Waals surface area contributed by atoms with E-state index in [9.17, 15) is 9.59 Å². The fourth-order valence-electron chi connectivity index (χ4n) is 4.26. The van der Waals surface area contributed by atoms with E-state index < -0.39 is 0 Å². The van der Waals surface area contributed by atoms with Gasteiger partial charge in [0, 0.05) is 30.9 Å². The minimum absolute atomic E-state index is 0.00829. The number of nitrogens with zero attached hydrogens (tertiary/aromatic N) is 2. The topological polar surface area (TPSA) is 90.0 Å². The average molecular weight is 524 g/mol. The molecular formula is C28H33N3O5S. The van der Waals surface area contributed by atoms with E-state index in [2.05, 4.69) is 10.3 Å².